The van der Waals surface area contributed by atoms with Gasteiger partial charge in [-0.2, -0.15) is 0 Å². The Balaban J connectivity index is 1.87. The molecule has 0 heterocycles. The van der Waals surface area contributed by atoms with Gasteiger partial charge < -0.3 is 9.84 Å². The van der Waals surface area contributed by atoms with Crippen molar-refractivity contribution >= 4 is 0 Å². The molecule has 2 heteroatoms. The second kappa shape index (κ2) is 5.69. The molecule has 0 unspecified atom stereocenters. The number of hydrogen-bond acceptors (Lipinski definition) is 2. The van der Waals surface area contributed by atoms with Crippen LogP contribution in [0.2, 0.25) is 0 Å². The summed E-state index contributed by atoms with van der Waals surface area (Å²) in [6.45, 7) is 1.44. The third kappa shape index (κ3) is 3.69. The van der Waals surface area contributed by atoms with Crippen LogP contribution in [0.3, 0.4) is 0 Å². The molecule has 0 bridgehead atoms. The maximum absolute atomic E-state index is 8.61. The number of aliphatic hydroxyl groups is 1. The molecule has 1 aromatic rings. The molecule has 0 radical (unpaired) electrons. The summed E-state index contributed by atoms with van der Waals surface area (Å²) in [5.74, 6) is 6.33. The Morgan fingerprint density at radius 2 is 2.25 bits per heavy atom. The summed E-state index contributed by atoms with van der Waals surface area (Å²) in [5.41, 5.74) is 2.08. The molecule has 1 N–H and O–H groups in total. The van der Waals surface area contributed by atoms with Gasteiger partial charge in [-0.05, 0) is 36.5 Å². The first-order valence-electron chi connectivity index (χ1n) is 5.65. The Hall–Kier alpha value is -1.30. The van der Waals surface area contributed by atoms with Crippen molar-refractivity contribution in [2.75, 3.05) is 13.2 Å². The van der Waals surface area contributed by atoms with Gasteiger partial charge in [-0.1, -0.05) is 24.0 Å². The Kier molecular flexibility index (Phi) is 3.98. The van der Waals surface area contributed by atoms with E-state index in [1.807, 2.05) is 24.3 Å². The van der Waals surface area contributed by atoms with Crippen LogP contribution in [0.4, 0.5) is 0 Å². The van der Waals surface area contributed by atoms with Gasteiger partial charge in [0.2, 0.25) is 0 Å². The number of aliphatic hydroxyl groups excluding tert-OH is 1. The highest BCUT2D eigenvalue weighted by Gasteiger charge is 2.20. The molecule has 1 aromatic carbocycles. The Labute approximate surface area is 96.3 Å². The van der Waals surface area contributed by atoms with E-state index in [9.17, 15) is 0 Å². The average molecular weight is 216 g/mol. The van der Waals surface area contributed by atoms with Gasteiger partial charge in [-0.3, -0.25) is 0 Å². The van der Waals surface area contributed by atoms with Crippen molar-refractivity contribution in [3.8, 4) is 11.8 Å². The van der Waals surface area contributed by atoms with Crippen molar-refractivity contribution in [2.45, 2.75) is 19.4 Å². The number of ether oxygens (including phenoxy) is 1. The highest BCUT2D eigenvalue weighted by atomic mass is 16.5. The summed E-state index contributed by atoms with van der Waals surface area (Å²) < 4.78 is 5.61. The minimum Gasteiger partial charge on any atom is -0.384 e. The molecule has 2 nitrogen and oxygen atoms in total. The van der Waals surface area contributed by atoms with Crippen molar-refractivity contribution in [2.24, 2.45) is 5.92 Å². The summed E-state index contributed by atoms with van der Waals surface area (Å²) in [5, 5.41) is 8.61. The second-order valence-corrected chi connectivity index (χ2v) is 4.12. The lowest BCUT2D eigenvalue weighted by molar-refractivity contribution is 0.111. The van der Waals surface area contributed by atoms with Gasteiger partial charge >= 0.3 is 0 Å². The zero-order valence-corrected chi connectivity index (χ0v) is 9.28. The van der Waals surface area contributed by atoms with E-state index in [2.05, 4.69) is 11.8 Å². The molecule has 0 spiro atoms. The van der Waals surface area contributed by atoms with E-state index in [4.69, 9.17) is 9.84 Å². The number of hydrogen-bond donors (Lipinski definition) is 1. The van der Waals surface area contributed by atoms with Crippen LogP contribution in [0.15, 0.2) is 24.3 Å². The molecule has 0 atom stereocenters. The normalized spacial score (nSPS) is 14.3. The molecule has 0 aromatic heterocycles. The van der Waals surface area contributed by atoms with Crippen LogP contribution in [-0.2, 0) is 11.3 Å². The Morgan fingerprint density at radius 1 is 1.38 bits per heavy atom. The summed E-state index contributed by atoms with van der Waals surface area (Å²) in [7, 11) is 0. The molecular weight excluding hydrogens is 200 g/mol. The van der Waals surface area contributed by atoms with Gasteiger partial charge in [0, 0.05) is 12.2 Å². The highest BCUT2D eigenvalue weighted by molar-refractivity contribution is 5.36. The van der Waals surface area contributed by atoms with Crippen molar-refractivity contribution in [3.05, 3.63) is 35.4 Å². The fourth-order valence-corrected chi connectivity index (χ4v) is 1.51. The van der Waals surface area contributed by atoms with Crippen LogP contribution in [0.25, 0.3) is 0 Å². The lowest BCUT2D eigenvalue weighted by Crippen LogP contribution is -1.97. The first-order valence-corrected chi connectivity index (χ1v) is 5.65. The van der Waals surface area contributed by atoms with Crippen molar-refractivity contribution < 1.29 is 9.84 Å². The standard InChI is InChI=1S/C14H16O2/c15-8-2-5-12-3-1-4-14(9-12)11-16-10-13-6-7-13/h1,3-4,9,13,15H,6-8,10-11H2. The molecule has 1 fully saturated rings. The lowest BCUT2D eigenvalue weighted by Gasteiger charge is -2.03. The van der Waals surface area contributed by atoms with E-state index in [-0.39, 0.29) is 6.61 Å². The summed E-state index contributed by atoms with van der Waals surface area (Å²) in [6, 6.07) is 7.96. The topological polar surface area (TPSA) is 29.5 Å². The summed E-state index contributed by atoms with van der Waals surface area (Å²) in [4.78, 5) is 0. The molecule has 16 heavy (non-hydrogen) atoms. The van der Waals surface area contributed by atoms with Crippen molar-refractivity contribution in [3.63, 3.8) is 0 Å². The SMILES string of the molecule is OCC#Cc1cccc(COCC2CC2)c1. The molecule has 0 saturated heterocycles. The molecule has 1 aliphatic carbocycles. The molecule has 84 valence electrons. The lowest BCUT2D eigenvalue weighted by atomic mass is 10.1. The quantitative estimate of drug-likeness (QED) is 0.780. The predicted octanol–water partition coefficient (Wildman–Crippen LogP) is 1.96. The summed E-state index contributed by atoms with van der Waals surface area (Å²) in [6.07, 6.45) is 2.64. The zero-order chi connectivity index (χ0) is 11.2. The molecule has 1 saturated carbocycles. The third-order valence-corrected chi connectivity index (χ3v) is 2.56. The van der Waals surface area contributed by atoms with E-state index in [0.29, 0.717) is 6.61 Å². The minimum absolute atomic E-state index is 0.0948. The van der Waals surface area contributed by atoms with Crippen molar-refractivity contribution in [1.29, 1.82) is 0 Å². The maximum Gasteiger partial charge on any atom is 0.104 e. The third-order valence-electron chi connectivity index (χ3n) is 2.56. The van der Waals surface area contributed by atoms with Gasteiger partial charge in [-0.25, -0.2) is 0 Å². The fourth-order valence-electron chi connectivity index (χ4n) is 1.51. The zero-order valence-electron chi connectivity index (χ0n) is 9.28. The van der Waals surface area contributed by atoms with Gasteiger partial charge in [0.1, 0.15) is 6.61 Å². The smallest absolute Gasteiger partial charge is 0.104 e. The van der Waals surface area contributed by atoms with Crippen LogP contribution in [-0.4, -0.2) is 18.3 Å². The molecule has 0 amide bonds. The van der Waals surface area contributed by atoms with Crippen LogP contribution < -0.4 is 0 Å². The van der Waals surface area contributed by atoms with E-state index >= 15 is 0 Å². The minimum atomic E-state index is -0.0948. The Morgan fingerprint density at radius 3 is 3.00 bits per heavy atom. The first kappa shape index (κ1) is 11.2. The van der Waals surface area contributed by atoms with E-state index < -0.39 is 0 Å². The molecular formula is C14H16O2. The first-order chi connectivity index (χ1) is 7.88. The van der Waals surface area contributed by atoms with Gasteiger partial charge in [0.15, 0.2) is 0 Å². The van der Waals surface area contributed by atoms with Gasteiger partial charge in [0.05, 0.1) is 6.61 Å². The monoisotopic (exact) mass is 216 g/mol. The summed E-state index contributed by atoms with van der Waals surface area (Å²) >= 11 is 0. The molecule has 2 rings (SSSR count). The largest absolute Gasteiger partial charge is 0.384 e. The average Bonchev–Trinajstić information content (AvgIpc) is 3.11. The number of rotatable bonds is 4. The van der Waals surface area contributed by atoms with Gasteiger partial charge in [0.25, 0.3) is 0 Å². The molecule has 0 aliphatic heterocycles. The number of benzene rings is 1. The van der Waals surface area contributed by atoms with Crippen molar-refractivity contribution in [1.82, 2.24) is 0 Å². The fraction of sp³-hybridized carbons (Fsp3) is 0.429. The van der Waals surface area contributed by atoms with Crippen LogP contribution in [0.1, 0.15) is 24.0 Å². The van der Waals surface area contributed by atoms with E-state index in [1.165, 1.54) is 12.8 Å². The van der Waals surface area contributed by atoms with Gasteiger partial charge in [-0.15, -0.1) is 0 Å². The van der Waals surface area contributed by atoms with Crippen LogP contribution in [0, 0.1) is 17.8 Å². The maximum atomic E-state index is 8.61. The van der Waals surface area contributed by atoms with Crippen LogP contribution in [0.5, 0.6) is 0 Å². The predicted molar refractivity (Wildman–Crippen MR) is 62.8 cm³/mol. The second-order valence-electron chi connectivity index (χ2n) is 4.12. The molecule has 1 aliphatic rings. The highest BCUT2D eigenvalue weighted by Crippen LogP contribution is 2.29. The van der Waals surface area contributed by atoms with E-state index in [1.54, 1.807) is 0 Å². The Bertz CT molecular complexity index is 397. The van der Waals surface area contributed by atoms with Crippen LogP contribution >= 0.6 is 0 Å². The van der Waals surface area contributed by atoms with E-state index in [0.717, 1.165) is 23.7 Å².